The highest BCUT2D eigenvalue weighted by atomic mass is 35.5. The minimum atomic E-state index is -0.341. The number of benzene rings is 2. The van der Waals surface area contributed by atoms with Crippen LogP contribution in [0.2, 0.25) is 10.0 Å². The molecule has 0 bridgehead atoms. The molecular formula is C30H27Cl2N3OS. The number of ether oxygens (including phenoxy) is 1. The van der Waals surface area contributed by atoms with Gasteiger partial charge in [-0.2, -0.15) is 5.10 Å². The van der Waals surface area contributed by atoms with Gasteiger partial charge in [0, 0.05) is 43.1 Å². The lowest BCUT2D eigenvalue weighted by molar-refractivity contribution is -0.00299. The molecule has 0 N–H and O–H groups in total. The van der Waals surface area contributed by atoms with Gasteiger partial charge in [-0.25, -0.2) is 9.67 Å². The molecule has 4 aromatic rings. The molecule has 0 radical (unpaired) electrons. The fourth-order valence-corrected chi connectivity index (χ4v) is 8.21. The van der Waals surface area contributed by atoms with Crippen molar-refractivity contribution in [3.05, 3.63) is 81.0 Å². The molecular weight excluding hydrogens is 521 g/mol. The molecule has 2 aromatic heterocycles. The maximum atomic E-state index is 6.78. The zero-order valence-corrected chi connectivity index (χ0v) is 23.5. The first kappa shape index (κ1) is 23.6. The average Bonchev–Trinajstić information content (AvgIpc) is 3.16. The second kappa shape index (κ2) is 8.02. The van der Waals surface area contributed by atoms with Crippen molar-refractivity contribution in [3.63, 3.8) is 0 Å². The number of aryl methyl sites for hydroxylation is 1. The van der Waals surface area contributed by atoms with E-state index in [-0.39, 0.29) is 16.3 Å². The molecule has 2 aliphatic heterocycles. The summed E-state index contributed by atoms with van der Waals surface area (Å²) in [6.45, 7) is 8.94. The minimum Gasteiger partial charge on any atom is -0.471 e. The third-order valence-corrected chi connectivity index (χ3v) is 10.2. The van der Waals surface area contributed by atoms with Gasteiger partial charge in [-0.05, 0) is 82.5 Å². The zero-order chi connectivity index (χ0) is 25.7. The molecule has 0 spiro atoms. The van der Waals surface area contributed by atoms with Gasteiger partial charge in [-0.1, -0.05) is 53.2 Å². The van der Waals surface area contributed by atoms with Crippen molar-refractivity contribution in [2.45, 2.75) is 61.8 Å². The van der Waals surface area contributed by atoms with Gasteiger partial charge < -0.3 is 4.74 Å². The fraction of sp³-hybridized carbons (Fsp3) is 0.333. The van der Waals surface area contributed by atoms with Gasteiger partial charge in [0.15, 0.2) is 0 Å². The number of hydrogen-bond donors (Lipinski definition) is 0. The summed E-state index contributed by atoms with van der Waals surface area (Å²) in [4.78, 5) is 5.04. The number of thioether (sulfide) groups is 1. The Balaban J connectivity index is 1.44. The monoisotopic (exact) mass is 547 g/mol. The molecule has 7 heteroatoms. The van der Waals surface area contributed by atoms with E-state index in [1.54, 1.807) is 0 Å². The largest absolute Gasteiger partial charge is 0.471 e. The fourth-order valence-electron chi connectivity index (χ4n) is 6.53. The zero-order valence-electron chi connectivity index (χ0n) is 21.2. The van der Waals surface area contributed by atoms with Crippen LogP contribution in [0.4, 0.5) is 0 Å². The summed E-state index contributed by atoms with van der Waals surface area (Å²) in [6, 6.07) is 16.0. The average molecular weight is 549 g/mol. The maximum Gasteiger partial charge on any atom is 0.221 e. The molecule has 2 aromatic carbocycles. The number of hydrogen-bond acceptors (Lipinski definition) is 4. The van der Waals surface area contributed by atoms with Gasteiger partial charge in [-0.15, -0.1) is 0 Å². The van der Waals surface area contributed by atoms with E-state index in [1.807, 2.05) is 52.8 Å². The molecule has 37 heavy (non-hydrogen) atoms. The van der Waals surface area contributed by atoms with E-state index >= 15 is 0 Å². The Morgan fingerprint density at radius 3 is 2.68 bits per heavy atom. The number of halogens is 2. The molecule has 1 fully saturated rings. The van der Waals surface area contributed by atoms with Crippen LogP contribution in [0.3, 0.4) is 0 Å². The van der Waals surface area contributed by atoms with Crippen LogP contribution in [0.25, 0.3) is 22.7 Å². The molecule has 3 atom stereocenters. The van der Waals surface area contributed by atoms with Crippen LogP contribution in [-0.4, -0.2) is 25.1 Å². The smallest absolute Gasteiger partial charge is 0.221 e. The number of fused-ring (bicyclic) bond motifs is 7. The summed E-state index contributed by atoms with van der Waals surface area (Å²) >= 11 is 14.5. The predicted octanol–water partition coefficient (Wildman–Crippen LogP) is 8.65. The lowest BCUT2D eigenvalue weighted by Crippen LogP contribution is -2.51. The first-order valence-corrected chi connectivity index (χ1v) is 14.3. The minimum absolute atomic E-state index is 0.0529. The molecule has 188 valence electrons. The van der Waals surface area contributed by atoms with Crippen LogP contribution in [0.1, 0.15) is 56.4 Å². The van der Waals surface area contributed by atoms with E-state index in [0.29, 0.717) is 16.0 Å². The van der Waals surface area contributed by atoms with Gasteiger partial charge in [0.1, 0.15) is 10.6 Å². The molecule has 7 rings (SSSR count). The summed E-state index contributed by atoms with van der Waals surface area (Å²) in [5, 5.41) is 8.57. The second-order valence-electron chi connectivity index (χ2n) is 11.2. The predicted molar refractivity (Wildman–Crippen MR) is 152 cm³/mol. The van der Waals surface area contributed by atoms with E-state index < -0.39 is 0 Å². The van der Waals surface area contributed by atoms with Crippen LogP contribution in [0.5, 0.6) is 5.88 Å². The van der Waals surface area contributed by atoms with E-state index in [9.17, 15) is 0 Å². The lowest BCUT2D eigenvalue weighted by atomic mass is 9.61. The number of rotatable bonds is 1. The van der Waals surface area contributed by atoms with Gasteiger partial charge in [0.25, 0.3) is 0 Å². The second-order valence-corrected chi connectivity index (χ2v) is 13.5. The van der Waals surface area contributed by atoms with E-state index in [1.165, 1.54) is 16.7 Å². The third-order valence-electron chi connectivity index (χ3n) is 8.36. The van der Waals surface area contributed by atoms with Crippen molar-refractivity contribution in [3.8, 4) is 11.6 Å². The maximum absolute atomic E-state index is 6.78. The quantitative estimate of drug-likeness (QED) is 0.239. The number of pyridine rings is 1. The molecule has 1 aliphatic carbocycles. The Bertz CT molecular complexity index is 1640. The molecule has 3 unspecified atom stereocenters. The van der Waals surface area contributed by atoms with Crippen LogP contribution < -0.4 is 4.74 Å². The van der Waals surface area contributed by atoms with E-state index in [0.717, 1.165) is 46.0 Å². The van der Waals surface area contributed by atoms with Crippen molar-refractivity contribution >= 4 is 51.9 Å². The summed E-state index contributed by atoms with van der Waals surface area (Å²) in [5.74, 6) is 1.40. The molecule has 0 amide bonds. The summed E-state index contributed by atoms with van der Waals surface area (Å²) in [6.07, 6.45) is 4.56. The summed E-state index contributed by atoms with van der Waals surface area (Å²) in [7, 11) is 0. The third kappa shape index (κ3) is 3.58. The highest BCUT2D eigenvalue weighted by Crippen LogP contribution is 2.63. The molecule has 4 nitrogen and oxygen atoms in total. The Kier molecular flexibility index (Phi) is 5.12. The number of nitrogens with zero attached hydrogens (tertiary/aromatic N) is 3. The standard InChI is InChI=1S/C30H27Cl2N3OS/c1-16-25-26-22(29(2,3)36-28(25)35(34-16)21-7-5-6-19(31)14-21)10-11-30(4)23(26)13-18-12-17-8-9-20(32)15-24(17)33-27(18)37-30/h5-9,12-15,22,26H,10-11H2,1-4H3. The first-order valence-electron chi connectivity index (χ1n) is 12.7. The molecule has 0 saturated heterocycles. The molecule has 3 aliphatic rings. The lowest BCUT2D eigenvalue weighted by Gasteiger charge is -2.53. The Morgan fingerprint density at radius 1 is 1.05 bits per heavy atom. The van der Waals surface area contributed by atoms with Gasteiger partial charge >= 0.3 is 0 Å². The Morgan fingerprint density at radius 2 is 1.86 bits per heavy atom. The highest BCUT2D eigenvalue weighted by molar-refractivity contribution is 8.01. The van der Waals surface area contributed by atoms with Crippen LogP contribution in [0.15, 0.2) is 59.1 Å². The van der Waals surface area contributed by atoms with Crippen molar-refractivity contribution < 1.29 is 4.74 Å². The van der Waals surface area contributed by atoms with Crippen molar-refractivity contribution in [2.75, 3.05) is 0 Å². The normalized spacial score (nSPS) is 25.4. The van der Waals surface area contributed by atoms with Gasteiger partial charge in [-0.3, -0.25) is 0 Å². The van der Waals surface area contributed by atoms with Crippen LogP contribution in [-0.2, 0) is 0 Å². The van der Waals surface area contributed by atoms with Crippen LogP contribution >= 0.6 is 35.0 Å². The summed E-state index contributed by atoms with van der Waals surface area (Å²) in [5.41, 5.74) is 6.35. The van der Waals surface area contributed by atoms with Crippen LogP contribution in [0, 0.1) is 12.8 Å². The Labute approximate surface area is 231 Å². The van der Waals surface area contributed by atoms with E-state index in [2.05, 4.69) is 45.9 Å². The van der Waals surface area contributed by atoms with Crippen molar-refractivity contribution in [1.29, 1.82) is 0 Å². The number of aromatic nitrogens is 3. The Hall–Kier alpha value is -2.47. The van der Waals surface area contributed by atoms with Gasteiger partial charge in [0.05, 0.1) is 16.9 Å². The topological polar surface area (TPSA) is 39.9 Å². The SMILES string of the molecule is Cc1nn(-c2cccc(Cl)c2)c2c1C1C3=Cc4cc5ccc(Cl)cc5nc4SC3(C)CCC1C(C)(C)O2. The first-order chi connectivity index (χ1) is 17.6. The highest BCUT2D eigenvalue weighted by Gasteiger charge is 2.55. The molecule has 1 saturated carbocycles. The van der Waals surface area contributed by atoms with Crippen molar-refractivity contribution in [2.24, 2.45) is 5.92 Å². The van der Waals surface area contributed by atoms with E-state index in [4.69, 9.17) is 38.0 Å². The van der Waals surface area contributed by atoms with Crippen molar-refractivity contribution in [1.82, 2.24) is 14.8 Å². The molecule has 4 heterocycles. The van der Waals surface area contributed by atoms with Gasteiger partial charge in [0.2, 0.25) is 5.88 Å². The summed E-state index contributed by atoms with van der Waals surface area (Å²) < 4.78 is 8.67.